The zero-order valence-corrected chi connectivity index (χ0v) is 11.3. The normalized spacial score (nSPS) is 13.2. The average molecular weight is 268 g/mol. The summed E-state index contributed by atoms with van der Waals surface area (Å²) in [7, 11) is 1.55. The lowest BCUT2D eigenvalue weighted by Crippen LogP contribution is -2.25. The maximum atomic E-state index is 12.6. The van der Waals surface area contributed by atoms with Crippen LogP contribution in [0.4, 0.5) is 5.69 Å². The molecule has 1 aliphatic heterocycles. The average Bonchev–Trinajstić information content (AvgIpc) is 2.90. The van der Waals surface area contributed by atoms with Gasteiger partial charge in [0.1, 0.15) is 5.75 Å². The second-order valence-electron chi connectivity index (χ2n) is 4.89. The minimum Gasteiger partial charge on any atom is -0.496 e. The molecule has 0 aromatic heterocycles. The van der Waals surface area contributed by atoms with Crippen LogP contribution in [0.3, 0.4) is 0 Å². The number of anilines is 1. The quantitative estimate of drug-likeness (QED) is 0.851. The van der Waals surface area contributed by atoms with Gasteiger partial charge in [-0.1, -0.05) is 24.3 Å². The highest BCUT2D eigenvalue weighted by atomic mass is 16.5. The third-order valence-electron chi connectivity index (χ3n) is 3.58. The van der Waals surface area contributed by atoms with Crippen LogP contribution in [-0.4, -0.2) is 17.9 Å². The first kappa shape index (κ1) is 12.5. The summed E-state index contributed by atoms with van der Waals surface area (Å²) in [6, 6.07) is 13.2. The van der Waals surface area contributed by atoms with E-state index in [0.29, 0.717) is 30.1 Å². The van der Waals surface area contributed by atoms with E-state index in [9.17, 15) is 4.79 Å². The fourth-order valence-electron chi connectivity index (χ4n) is 2.53. The Morgan fingerprint density at radius 2 is 1.80 bits per heavy atom. The fourth-order valence-corrected chi connectivity index (χ4v) is 2.53. The minimum absolute atomic E-state index is 0.0296. The van der Waals surface area contributed by atoms with Crippen LogP contribution in [0.1, 0.15) is 21.5 Å². The van der Waals surface area contributed by atoms with Gasteiger partial charge >= 0.3 is 0 Å². The van der Waals surface area contributed by atoms with Gasteiger partial charge in [0.2, 0.25) is 0 Å². The molecule has 2 aromatic rings. The topological polar surface area (TPSA) is 55.6 Å². The van der Waals surface area contributed by atoms with Crippen LogP contribution in [0.25, 0.3) is 0 Å². The van der Waals surface area contributed by atoms with E-state index in [4.69, 9.17) is 10.5 Å². The van der Waals surface area contributed by atoms with Crippen molar-refractivity contribution in [2.45, 2.75) is 13.1 Å². The van der Waals surface area contributed by atoms with Gasteiger partial charge in [-0.3, -0.25) is 4.79 Å². The Morgan fingerprint density at radius 3 is 2.40 bits per heavy atom. The third-order valence-corrected chi connectivity index (χ3v) is 3.58. The second-order valence-corrected chi connectivity index (χ2v) is 4.89. The van der Waals surface area contributed by atoms with Crippen molar-refractivity contribution in [1.82, 2.24) is 4.90 Å². The van der Waals surface area contributed by atoms with Crippen molar-refractivity contribution < 1.29 is 9.53 Å². The Balaban J connectivity index is 1.88. The summed E-state index contributed by atoms with van der Waals surface area (Å²) in [5, 5.41) is 0. The molecule has 0 bridgehead atoms. The van der Waals surface area contributed by atoms with E-state index in [2.05, 4.69) is 12.1 Å². The van der Waals surface area contributed by atoms with E-state index < -0.39 is 0 Å². The molecule has 2 N–H and O–H groups in total. The first-order chi connectivity index (χ1) is 9.69. The zero-order chi connectivity index (χ0) is 14.1. The monoisotopic (exact) mass is 268 g/mol. The van der Waals surface area contributed by atoms with E-state index in [0.717, 1.165) is 0 Å². The van der Waals surface area contributed by atoms with Crippen molar-refractivity contribution in [2.24, 2.45) is 0 Å². The van der Waals surface area contributed by atoms with Gasteiger partial charge in [-0.15, -0.1) is 0 Å². The minimum atomic E-state index is -0.0296. The summed E-state index contributed by atoms with van der Waals surface area (Å²) >= 11 is 0. The number of methoxy groups -OCH3 is 1. The number of carbonyl (C=O) groups is 1. The van der Waals surface area contributed by atoms with Crippen LogP contribution in [0, 0.1) is 0 Å². The second kappa shape index (κ2) is 4.89. The Kier molecular flexibility index (Phi) is 3.06. The molecule has 102 valence electrons. The van der Waals surface area contributed by atoms with Gasteiger partial charge in [0.05, 0.1) is 12.7 Å². The summed E-state index contributed by atoms with van der Waals surface area (Å²) < 4.78 is 5.26. The highest BCUT2D eigenvalue weighted by Gasteiger charge is 2.25. The predicted octanol–water partition coefficient (Wildman–Crippen LogP) is 2.43. The molecular weight excluding hydrogens is 252 g/mol. The number of nitrogens with zero attached hydrogens (tertiary/aromatic N) is 1. The number of benzene rings is 2. The molecule has 20 heavy (non-hydrogen) atoms. The van der Waals surface area contributed by atoms with Gasteiger partial charge in [0.15, 0.2) is 0 Å². The van der Waals surface area contributed by atoms with Crippen LogP contribution >= 0.6 is 0 Å². The molecule has 3 rings (SSSR count). The lowest BCUT2D eigenvalue weighted by molar-refractivity contribution is 0.0748. The molecular formula is C16H16N2O2. The molecule has 1 amide bonds. The lowest BCUT2D eigenvalue weighted by atomic mass is 10.1. The fraction of sp³-hybridized carbons (Fsp3) is 0.188. The maximum absolute atomic E-state index is 12.6. The molecule has 0 radical (unpaired) electrons. The molecule has 0 aliphatic carbocycles. The van der Waals surface area contributed by atoms with Crippen molar-refractivity contribution in [3.8, 4) is 5.75 Å². The summed E-state index contributed by atoms with van der Waals surface area (Å²) in [6.45, 7) is 1.28. The number of nitrogen functional groups attached to an aromatic ring is 1. The van der Waals surface area contributed by atoms with E-state index in [1.807, 2.05) is 17.0 Å². The number of hydrogen-bond donors (Lipinski definition) is 1. The third kappa shape index (κ3) is 2.09. The Hall–Kier alpha value is -2.49. The van der Waals surface area contributed by atoms with Gasteiger partial charge in [-0.05, 0) is 23.3 Å². The number of nitrogens with two attached hydrogens (primary N) is 1. The molecule has 0 unspecified atom stereocenters. The van der Waals surface area contributed by atoms with E-state index in [1.165, 1.54) is 11.1 Å². The van der Waals surface area contributed by atoms with E-state index >= 15 is 0 Å². The molecule has 0 fully saturated rings. The molecule has 2 aromatic carbocycles. The Bertz CT molecular complexity index is 642. The summed E-state index contributed by atoms with van der Waals surface area (Å²) in [5.41, 5.74) is 9.27. The molecule has 0 spiro atoms. The van der Waals surface area contributed by atoms with Crippen LogP contribution in [-0.2, 0) is 13.1 Å². The van der Waals surface area contributed by atoms with E-state index in [1.54, 1.807) is 25.3 Å². The number of ether oxygens (including phenoxy) is 1. The smallest absolute Gasteiger partial charge is 0.258 e. The van der Waals surface area contributed by atoms with Crippen LogP contribution in [0.5, 0.6) is 5.75 Å². The summed E-state index contributed by atoms with van der Waals surface area (Å²) in [5.74, 6) is 0.490. The van der Waals surface area contributed by atoms with Crippen molar-refractivity contribution in [3.05, 3.63) is 59.2 Å². The SMILES string of the molecule is COc1cc(N)ccc1C(=O)N1Cc2ccccc2C1. The van der Waals surface area contributed by atoms with Gasteiger partial charge in [0, 0.05) is 24.8 Å². The Labute approximate surface area is 117 Å². The van der Waals surface area contributed by atoms with Crippen LogP contribution in [0.15, 0.2) is 42.5 Å². The molecule has 4 heteroatoms. The number of hydrogen-bond acceptors (Lipinski definition) is 3. The lowest BCUT2D eigenvalue weighted by Gasteiger charge is -2.17. The first-order valence-corrected chi connectivity index (χ1v) is 6.48. The van der Waals surface area contributed by atoms with Crippen LogP contribution in [0.2, 0.25) is 0 Å². The predicted molar refractivity (Wildman–Crippen MR) is 77.4 cm³/mol. The van der Waals surface area contributed by atoms with E-state index in [-0.39, 0.29) is 5.91 Å². The van der Waals surface area contributed by atoms with Crippen molar-refractivity contribution in [3.63, 3.8) is 0 Å². The standard InChI is InChI=1S/C16H16N2O2/c1-20-15-8-13(17)6-7-14(15)16(19)18-9-11-4-2-3-5-12(11)10-18/h2-8H,9-10,17H2,1H3. The first-order valence-electron chi connectivity index (χ1n) is 6.48. The number of fused-ring (bicyclic) bond motifs is 1. The largest absolute Gasteiger partial charge is 0.496 e. The molecule has 4 nitrogen and oxygen atoms in total. The highest BCUT2D eigenvalue weighted by Crippen LogP contribution is 2.28. The van der Waals surface area contributed by atoms with Gasteiger partial charge in [-0.2, -0.15) is 0 Å². The van der Waals surface area contributed by atoms with Crippen LogP contribution < -0.4 is 10.5 Å². The van der Waals surface area contributed by atoms with Crippen molar-refractivity contribution in [2.75, 3.05) is 12.8 Å². The van der Waals surface area contributed by atoms with Crippen molar-refractivity contribution >= 4 is 11.6 Å². The van der Waals surface area contributed by atoms with Gasteiger partial charge in [0.25, 0.3) is 5.91 Å². The Morgan fingerprint density at radius 1 is 1.15 bits per heavy atom. The molecule has 0 saturated carbocycles. The number of carbonyl (C=O) groups excluding carboxylic acids is 1. The van der Waals surface area contributed by atoms with Crippen molar-refractivity contribution in [1.29, 1.82) is 0 Å². The zero-order valence-electron chi connectivity index (χ0n) is 11.3. The highest BCUT2D eigenvalue weighted by molar-refractivity contribution is 5.97. The molecule has 0 atom stereocenters. The molecule has 1 aliphatic rings. The van der Waals surface area contributed by atoms with Gasteiger partial charge in [-0.25, -0.2) is 0 Å². The van der Waals surface area contributed by atoms with Gasteiger partial charge < -0.3 is 15.4 Å². The summed E-state index contributed by atoms with van der Waals surface area (Å²) in [6.07, 6.45) is 0. The molecule has 0 saturated heterocycles. The summed E-state index contributed by atoms with van der Waals surface area (Å²) in [4.78, 5) is 14.4. The number of amides is 1. The maximum Gasteiger partial charge on any atom is 0.258 e. The molecule has 1 heterocycles. The number of rotatable bonds is 2.